The van der Waals surface area contributed by atoms with Crippen molar-refractivity contribution in [2.45, 2.75) is 20.0 Å². The molecule has 2 N–H and O–H groups in total. The number of hydrogen-bond donors (Lipinski definition) is 2. The number of thiocarbonyl (C=S) groups is 1. The first-order valence-corrected chi connectivity index (χ1v) is 7.73. The van der Waals surface area contributed by atoms with E-state index >= 15 is 0 Å². The highest BCUT2D eigenvalue weighted by Gasteiger charge is 2.08. The summed E-state index contributed by atoms with van der Waals surface area (Å²) < 4.78 is 8.07. The van der Waals surface area contributed by atoms with Crippen molar-refractivity contribution < 1.29 is 4.74 Å². The fraction of sp³-hybridized carbons (Fsp3) is 0.286. The first kappa shape index (κ1) is 15.8. The number of nitrogens with zero attached hydrogens (tertiary/aromatic N) is 2. The summed E-state index contributed by atoms with van der Waals surface area (Å²) in [6.07, 6.45) is 1.79. The van der Waals surface area contributed by atoms with Gasteiger partial charge in [0.2, 0.25) is 0 Å². The Morgan fingerprint density at radius 2 is 2.29 bits per heavy atom. The van der Waals surface area contributed by atoms with Crippen LogP contribution in [0, 0.1) is 0 Å². The summed E-state index contributed by atoms with van der Waals surface area (Å²) in [7, 11) is 1.64. The fourth-order valence-corrected chi connectivity index (χ4v) is 2.50. The van der Waals surface area contributed by atoms with E-state index in [-0.39, 0.29) is 0 Å². The Morgan fingerprint density at radius 1 is 1.48 bits per heavy atom. The molecule has 2 aromatic rings. The zero-order valence-corrected chi connectivity index (χ0v) is 14.3. The molecule has 21 heavy (non-hydrogen) atoms. The van der Waals surface area contributed by atoms with Crippen LogP contribution in [-0.4, -0.2) is 22.0 Å². The third kappa shape index (κ3) is 4.18. The summed E-state index contributed by atoms with van der Waals surface area (Å²) in [5.41, 5.74) is 1.95. The van der Waals surface area contributed by atoms with E-state index in [0.29, 0.717) is 11.7 Å². The molecule has 0 atom stereocenters. The number of ether oxygens (including phenoxy) is 1. The van der Waals surface area contributed by atoms with Gasteiger partial charge in [0.1, 0.15) is 5.75 Å². The SMILES string of the molecule is CCn1ncc(Br)c1CNC(=S)Nc1cccc(OC)c1. The number of benzene rings is 1. The lowest BCUT2D eigenvalue weighted by atomic mass is 10.3. The molecule has 0 aliphatic carbocycles. The zero-order chi connectivity index (χ0) is 15.2. The molecular formula is C14H17BrN4OS. The van der Waals surface area contributed by atoms with Crippen LogP contribution in [0.5, 0.6) is 5.75 Å². The second-order valence-corrected chi connectivity index (χ2v) is 5.56. The summed E-state index contributed by atoms with van der Waals surface area (Å²) >= 11 is 8.79. The van der Waals surface area contributed by atoms with Crippen molar-refractivity contribution in [3.05, 3.63) is 40.6 Å². The van der Waals surface area contributed by atoms with Gasteiger partial charge in [-0.3, -0.25) is 4.68 Å². The van der Waals surface area contributed by atoms with Gasteiger partial charge in [-0.1, -0.05) is 6.07 Å². The summed E-state index contributed by atoms with van der Waals surface area (Å²) in [5.74, 6) is 0.787. The third-order valence-corrected chi connectivity index (χ3v) is 3.85. The number of nitrogens with one attached hydrogen (secondary N) is 2. The Labute approximate surface area is 137 Å². The molecule has 5 nitrogen and oxygen atoms in total. The Morgan fingerprint density at radius 3 is 3.00 bits per heavy atom. The number of anilines is 1. The van der Waals surface area contributed by atoms with Crippen molar-refractivity contribution in [1.82, 2.24) is 15.1 Å². The van der Waals surface area contributed by atoms with Crippen LogP contribution in [0.25, 0.3) is 0 Å². The van der Waals surface area contributed by atoms with E-state index in [2.05, 4.69) is 38.6 Å². The Bertz CT molecular complexity index is 629. The third-order valence-electron chi connectivity index (χ3n) is 2.94. The molecule has 112 valence electrons. The maximum atomic E-state index is 5.30. The van der Waals surface area contributed by atoms with E-state index in [0.717, 1.165) is 28.1 Å². The van der Waals surface area contributed by atoms with Crippen LogP contribution in [0.4, 0.5) is 5.69 Å². The number of halogens is 1. The predicted octanol–water partition coefficient (Wildman–Crippen LogP) is 3.16. The van der Waals surface area contributed by atoms with Crippen molar-refractivity contribution in [2.75, 3.05) is 12.4 Å². The van der Waals surface area contributed by atoms with E-state index in [1.54, 1.807) is 13.3 Å². The predicted molar refractivity (Wildman–Crippen MR) is 91.7 cm³/mol. The number of aromatic nitrogens is 2. The molecule has 1 heterocycles. The second kappa shape index (κ2) is 7.42. The van der Waals surface area contributed by atoms with Gasteiger partial charge >= 0.3 is 0 Å². The molecule has 0 bridgehead atoms. The number of rotatable bonds is 5. The van der Waals surface area contributed by atoms with Gasteiger partial charge in [0, 0.05) is 18.3 Å². The molecule has 0 saturated heterocycles. The Kier molecular flexibility index (Phi) is 5.58. The Hall–Kier alpha value is -1.60. The molecule has 0 unspecified atom stereocenters. The minimum Gasteiger partial charge on any atom is -0.497 e. The minimum atomic E-state index is 0.555. The van der Waals surface area contributed by atoms with E-state index in [9.17, 15) is 0 Å². The first-order chi connectivity index (χ1) is 10.1. The monoisotopic (exact) mass is 368 g/mol. The van der Waals surface area contributed by atoms with Gasteiger partial charge in [-0.15, -0.1) is 0 Å². The van der Waals surface area contributed by atoms with Crippen LogP contribution in [0.15, 0.2) is 34.9 Å². The van der Waals surface area contributed by atoms with Crippen LogP contribution >= 0.6 is 28.1 Å². The average Bonchev–Trinajstić information content (AvgIpc) is 2.85. The molecule has 0 radical (unpaired) electrons. The highest BCUT2D eigenvalue weighted by molar-refractivity contribution is 9.10. The second-order valence-electron chi connectivity index (χ2n) is 4.29. The van der Waals surface area contributed by atoms with Gasteiger partial charge in [-0.25, -0.2) is 0 Å². The van der Waals surface area contributed by atoms with E-state index < -0.39 is 0 Å². The lowest BCUT2D eigenvalue weighted by molar-refractivity contribution is 0.415. The summed E-state index contributed by atoms with van der Waals surface area (Å²) in [6, 6.07) is 7.62. The van der Waals surface area contributed by atoms with Crippen molar-refractivity contribution in [1.29, 1.82) is 0 Å². The van der Waals surface area contributed by atoms with Crippen molar-refractivity contribution >= 4 is 38.9 Å². The van der Waals surface area contributed by atoms with Gasteiger partial charge < -0.3 is 15.4 Å². The van der Waals surface area contributed by atoms with Crippen LogP contribution < -0.4 is 15.4 Å². The maximum absolute atomic E-state index is 5.30. The number of aryl methyl sites for hydroxylation is 1. The standard InChI is InChI=1S/C14H17BrN4OS/c1-3-19-13(12(15)8-17-19)9-16-14(21)18-10-5-4-6-11(7-10)20-2/h4-8H,3,9H2,1-2H3,(H2,16,18,21). The number of hydrogen-bond acceptors (Lipinski definition) is 3. The molecular weight excluding hydrogens is 352 g/mol. The normalized spacial score (nSPS) is 10.2. The quantitative estimate of drug-likeness (QED) is 0.793. The smallest absolute Gasteiger partial charge is 0.171 e. The molecule has 0 saturated carbocycles. The maximum Gasteiger partial charge on any atom is 0.171 e. The van der Waals surface area contributed by atoms with E-state index in [1.165, 1.54) is 0 Å². The zero-order valence-electron chi connectivity index (χ0n) is 11.9. The molecule has 0 aliphatic heterocycles. The van der Waals surface area contributed by atoms with Gasteiger partial charge in [0.25, 0.3) is 0 Å². The summed E-state index contributed by atoms with van der Waals surface area (Å²) in [4.78, 5) is 0. The van der Waals surface area contributed by atoms with Crippen molar-refractivity contribution in [2.24, 2.45) is 0 Å². The molecule has 0 amide bonds. The molecule has 2 rings (SSSR count). The van der Waals surface area contributed by atoms with Crippen LogP contribution in [0.2, 0.25) is 0 Å². The minimum absolute atomic E-state index is 0.555. The van der Waals surface area contributed by atoms with E-state index in [1.807, 2.05) is 28.9 Å². The summed E-state index contributed by atoms with van der Waals surface area (Å²) in [6.45, 7) is 3.47. The lowest BCUT2D eigenvalue weighted by Crippen LogP contribution is -2.29. The van der Waals surface area contributed by atoms with Crippen LogP contribution in [0.1, 0.15) is 12.6 Å². The molecule has 0 aliphatic rings. The number of methoxy groups -OCH3 is 1. The highest BCUT2D eigenvalue weighted by Crippen LogP contribution is 2.17. The van der Waals surface area contributed by atoms with Crippen molar-refractivity contribution in [3.63, 3.8) is 0 Å². The lowest BCUT2D eigenvalue weighted by Gasteiger charge is -2.12. The van der Waals surface area contributed by atoms with Gasteiger partial charge in [0.05, 0.1) is 30.0 Å². The summed E-state index contributed by atoms with van der Waals surface area (Å²) in [5, 5.41) is 11.1. The molecule has 0 fully saturated rings. The first-order valence-electron chi connectivity index (χ1n) is 6.53. The Balaban J connectivity index is 1.94. The highest BCUT2D eigenvalue weighted by atomic mass is 79.9. The van der Waals surface area contributed by atoms with Crippen molar-refractivity contribution in [3.8, 4) is 5.75 Å². The molecule has 1 aromatic carbocycles. The van der Waals surface area contributed by atoms with E-state index in [4.69, 9.17) is 17.0 Å². The van der Waals surface area contributed by atoms with Crippen LogP contribution in [0.3, 0.4) is 0 Å². The molecule has 7 heteroatoms. The topological polar surface area (TPSA) is 51.1 Å². The van der Waals surface area contributed by atoms with Gasteiger partial charge in [-0.2, -0.15) is 5.10 Å². The molecule has 1 aromatic heterocycles. The largest absolute Gasteiger partial charge is 0.497 e. The fourth-order valence-electron chi connectivity index (χ4n) is 1.88. The van der Waals surface area contributed by atoms with Gasteiger partial charge in [0.15, 0.2) is 5.11 Å². The van der Waals surface area contributed by atoms with Gasteiger partial charge in [-0.05, 0) is 47.2 Å². The van der Waals surface area contributed by atoms with Crippen LogP contribution in [-0.2, 0) is 13.1 Å². The molecule has 0 spiro atoms. The average molecular weight is 369 g/mol.